The third-order valence-corrected chi connectivity index (χ3v) is 5.30. The van der Waals surface area contributed by atoms with Crippen LogP contribution in [-0.2, 0) is 0 Å². The average Bonchev–Trinajstić information content (AvgIpc) is 3.14. The lowest BCUT2D eigenvalue weighted by molar-refractivity contribution is 0.398. The predicted octanol–water partition coefficient (Wildman–Crippen LogP) is 2.83. The molecule has 0 amide bonds. The highest BCUT2D eigenvalue weighted by Crippen LogP contribution is 2.32. The molecule has 4 rings (SSSR count). The van der Waals surface area contributed by atoms with Gasteiger partial charge in [-0.15, -0.1) is 0 Å². The Bertz CT molecular complexity index is 1270. The summed E-state index contributed by atoms with van der Waals surface area (Å²) in [7, 11) is 7.59. The summed E-state index contributed by atoms with van der Waals surface area (Å²) in [5.74, 6) is 2.21. The van der Waals surface area contributed by atoms with Crippen molar-refractivity contribution in [1.29, 1.82) is 0 Å². The van der Waals surface area contributed by atoms with Gasteiger partial charge in [-0.05, 0) is 45.3 Å². The van der Waals surface area contributed by atoms with Crippen LogP contribution in [0.15, 0.2) is 42.7 Å². The number of nitrogen functional groups attached to an aromatic ring is 1. The molecule has 0 saturated heterocycles. The standard InChI is InChI=1S/C23H29N9O/c1-15-19-8-6-7-11-32(19)21(26-15)17-9-10-25-23(27-17)28-18-14-16(24)20(29-22(18)33-5)31(4)13-12-30(2)3/h6-11,14H,12-13,24H2,1-5H3,(H,25,27,28). The first-order valence-corrected chi connectivity index (χ1v) is 10.6. The lowest BCUT2D eigenvalue weighted by Gasteiger charge is -2.23. The van der Waals surface area contributed by atoms with Gasteiger partial charge in [-0.2, -0.15) is 4.98 Å². The van der Waals surface area contributed by atoms with Crippen molar-refractivity contribution >= 4 is 28.7 Å². The van der Waals surface area contributed by atoms with Crippen LogP contribution in [0.25, 0.3) is 17.0 Å². The first-order valence-electron chi connectivity index (χ1n) is 10.6. The number of ether oxygens (including phenoxy) is 1. The van der Waals surface area contributed by atoms with Gasteiger partial charge in [0.2, 0.25) is 11.8 Å². The number of fused-ring (bicyclic) bond motifs is 1. The molecule has 3 N–H and O–H groups in total. The maximum absolute atomic E-state index is 6.32. The maximum atomic E-state index is 6.32. The van der Waals surface area contributed by atoms with Gasteiger partial charge >= 0.3 is 0 Å². The lowest BCUT2D eigenvalue weighted by Crippen LogP contribution is -2.29. The highest BCUT2D eigenvalue weighted by molar-refractivity contribution is 5.74. The highest BCUT2D eigenvalue weighted by Gasteiger charge is 2.16. The smallest absolute Gasteiger partial charge is 0.239 e. The fraction of sp³-hybridized carbons (Fsp3) is 0.304. The Morgan fingerprint density at radius 3 is 2.67 bits per heavy atom. The van der Waals surface area contributed by atoms with Crippen molar-refractivity contribution < 1.29 is 4.74 Å². The van der Waals surface area contributed by atoms with Gasteiger partial charge < -0.3 is 25.6 Å². The molecule has 4 aromatic rings. The van der Waals surface area contributed by atoms with Crippen molar-refractivity contribution in [2.45, 2.75) is 6.92 Å². The Hall–Kier alpha value is -3.92. The molecule has 0 unspecified atom stereocenters. The molecule has 0 aromatic carbocycles. The van der Waals surface area contributed by atoms with Crippen LogP contribution in [-0.4, -0.2) is 70.6 Å². The molecule has 0 aliphatic heterocycles. The molecule has 0 aliphatic rings. The van der Waals surface area contributed by atoms with Gasteiger partial charge in [0.15, 0.2) is 11.6 Å². The van der Waals surface area contributed by atoms with Crippen LogP contribution in [0.2, 0.25) is 0 Å². The van der Waals surface area contributed by atoms with Gasteiger partial charge in [-0.1, -0.05) is 6.07 Å². The first-order chi connectivity index (χ1) is 15.9. The van der Waals surface area contributed by atoms with Crippen LogP contribution in [0.5, 0.6) is 5.88 Å². The molecule has 4 aromatic heterocycles. The molecule has 172 valence electrons. The number of aryl methyl sites for hydroxylation is 1. The van der Waals surface area contributed by atoms with Gasteiger partial charge in [-0.25, -0.2) is 15.0 Å². The second-order valence-corrected chi connectivity index (χ2v) is 8.05. The first kappa shape index (κ1) is 22.3. The second kappa shape index (κ2) is 9.29. The Morgan fingerprint density at radius 2 is 1.91 bits per heavy atom. The van der Waals surface area contributed by atoms with E-state index in [0.717, 1.165) is 30.1 Å². The summed E-state index contributed by atoms with van der Waals surface area (Å²) in [6.07, 6.45) is 3.66. The number of aromatic nitrogens is 5. The SMILES string of the molecule is COc1nc(N(C)CCN(C)C)c(N)cc1Nc1nccc(-c2nc(C)c3ccccn23)n1. The second-order valence-electron chi connectivity index (χ2n) is 8.05. The molecule has 10 heteroatoms. The van der Waals surface area contributed by atoms with E-state index < -0.39 is 0 Å². The summed E-state index contributed by atoms with van der Waals surface area (Å²) in [4.78, 5) is 22.4. The van der Waals surface area contributed by atoms with E-state index >= 15 is 0 Å². The van der Waals surface area contributed by atoms with Gasteiger partial charge in [0.1, 0.15) is 11.4 Å². The summed E-state index contributed by atoms with van der Waals surface area (Å²) in [5, 5.41) is 3.19. The number of hydrogen-bond acceptors (Lipinski definition) is 9. The van der Waals surface area contributed by atoms with E-state index in [1.807, 2.05) is 67.8 Å². The van der Waals surface area contributed by atoms with Crippen molar-refractivity contribution in [1.82, 2.24) is 29.2 Å². The van der Waals surface area contributed by atoms with Crippen molar-refractivity contribution in [3.63, 3.8) is 0 Å². The number of pyridine rings is 2. The van der Waals surface area contributed by atoms with Crippen molar-refractivity contribution in [2.75, 3.05) is 57.3 Å². The summed E-state index contributed by atoms with van der Waals surface area (Å²) < 4.78 is 7.54. The number of likely N-dealkylation sites (N-methyl/N-ethyl adjacent to an activating group) is 2. The topological polar surface area (TPSA) is 110 Å². The number of anilines is 4. The van der Waals surface area contributed by atoms with E-state index in [2.05, 4.69) is 25.2 Å². The van der Waals surface area contributed by atoms with Crippen molar-refractivity contribution in [2.24, 2.45) is 0 Å². The van der Waals surface area contributed by atoms with Crippen LogP contribution in [0.4, 0.5) is 23.1 Å². The normalized spacial score (nSPS) is 11.2. The Kier molecular flexibility index (Phi) is 6.27. The quantitative estimate of drug-likeness (QED) is 0.421. The van der Waals surface area contributed by atoms with Gasteiger partial charge in [0.05, 0.1) is 24.0 Å². The van der Waals surface area contributed by atoms with Crippen LogP contribution in [0.3, 0.4) is 0 Å². The lowest BCUT2D eigenvalue weighted by atomic mass is 10.3. The van der Waals surface area contributed by atoms with Crippen LogP contribution in [0, 0.1) is 6.92 Å². The number of nitrogens with zero attached hydrogens (tertiary/aromatic N) is 7. The summed E-state index contributed by atoms with van der Waals surface area (Å²) in [5.41, 5.74) is 10.1. The van der Waals surface area contributed by atoms with Crippen LogP contribution < -0.4 is 20.7 Å². The predicted molar refractivity (Wildman–Crippen MR) is 131 cm³/mol. The third kappa shape index (κ3) is 4.65. The van der Waals surface area contributed by atoms with Gasteiger partial charge in [0.25, 0.3) is 0 Å². The third-order valence-electron chi connectivity index (χ3n) is 5.30. The Morgan fingerprint density at radius 1 is 1.09 bits per heavy atom. The molecule has 4 heterocycles. The molecule has 0 atom stereocenters. The van der Waals surface area contributed by atoms with E-state index in [1.165, 1.54) is 0 Å². The summed E-state index contributed by atoms with van der Waals surface area (Å²) >= 11 is 0. The monoisotopic (exact) mass is 447 g/mol. The van der Waals surface area contributed by atoms with E-state index in [4.69, 9.17) is 15.5 Å². The van der Waals surface area contributed by atoms with E-state index in [0.29, 0.717) is 34.7 Å². The van der Waals surface area contributed by atoms with Crippen LogP contribution >= 0.6 is 0 Å². The maximum Gasteiger partial charge on any atom is 0.239 e. The fourth-order valence-electron chi connectivity index (χ4n) is 3.55. The number of imidazole rings is 1. The van der Waals surface area contributed by atoms with E-state index in [1.54, 1.807) is 19.4 Å². The van der Waals surface area contributed by atoms with Crippen molar-refractivity contribution in [3.05, 3.63) is 48.4 Å². The number of nitrogens with two attached hydrogens (primary N) is 1. The highest BCUT2D eigenvalue weighted by atomic mass is 16.5. The van der Waals surface area contributed by atoms with E-state index in [-0.39, 0.29) is 0 Å². The molecule has 0 bridgehead atoms. The molecular formula is C23H29N9O. The number of rotatable bonds is 8. The number of methoxy groups -OCH3 is 1. The fourth-order valence-corrected chi connectivity index (χ4v) is 3.55. The number of hydrogen-bond donors (Lipinski definition) is 2. The van der Waals surface area contributed by atoms with Gasteiger partial charge in [-0.3, -0.25) is 4.40 Å². The molecule has 0 radical (unpaired) electrons. The zero-order valence-electron chi connectivity index (χ0n) is 19.6. The Labute approximate surface area is 193 Å². The average molecular weight is 448 g/mol. The molecule has 0 spiro atoms. The zero-order valence-corrected chi connectivity index (χ0v) is 19.6. The molecule has 0 saturated carbocycles. The number of nitrogens with one attached hydrogen (secondary N) is 1. The summed E-state index contributed by atoms with van der Waals surface area (Å²) in [6, 6.07) is 9.61. The van der Waals surface area contributed by atoms with Crippen molar-refractivity contribution in [3.8, 4) is 17.4 Å². The minimum Gasteiger partial charge on any atom is -0.479 e. The minimum absolute atomic E-state index is 0.394. The molecule has 10 nitrogen and oxygen atoms in total. The molecule has 33 heavy (non-hydrogen) atoms. The molecular weight excluding hydrogens is 418 g/mol. The molecule has 0 fully saturated rings. The molecule has 0 aliphatic carbocycles. The Balaban J connectivity index is 1.63. The van der Waals surface area contributed by atoms with Gasteiger partial charge in [0, 0.05) is 32.5 Å². The van der Waals surface area contributed by atoms with E-state index in [9.17, 15) is 0 Å². The van der Waals surface area contributed by atoms with Crippen LogP contribution in [0.1, 0.15) is 5.69 Å². The zero-order chi connectivity index (χ0) is 23.5. The minimum atomic E-state index is 0.394. The largest absolute Gasteiger partial charge is 0.479 e. The summed E-state index contributed by atoms with van der Waals surface area (Å²) in [6.45, 7) is 3.64.